The van der Waals surface area contributed by atoms with Gasteiger partial charge in [0.1, 0.15) is 0 Å². The lowest BCUT2D eigenvalue weighted by Crippen LogP contribution is -2.30. The molecule has 96 valence electrons. The van der Waals surface area contributed by atoms with Crippen molar-refractivity contribution in [3.63, 3.8) is 0 Å². The fraction of sp³-hybridized carbons (Fsp3) is 0.312. The minimum absolute atomic E-state index is 0.0187. The number of rotatable bonds is 7. The molecule has 2 heteroatoms. The maximum atomic E-state index is 11.5. The third-order valence-electron chi connectivity index (χ3n) is 2.96. The van der Waals surface area contributed by atoms with Gasteiger partial charge in [0.2, 0.25) is 0 Å². The summed E-state index contributed by atoms with van der Waals surface area (Å²) < 4.78 is 0. The summed E-state index contributed by atoms with van der Waals surface area (Å²) in [6, 6.07) is 7.39. The number of benzene rings is 1. The first-order chi connectivity index (χ1) is 8.52. The van der Waals surface area contributed by atoms with E-state index in [-0.39, 0.29) is 5.78 Å². The summed E-state index contributed by atoms with van der Waals surface area (Å²) in [6.07, 6.45) is 4.77. The molecule has 0 saturated heterocycles. The molecular formula is C16H20O2. The minimum Gasteiger partial charge on any atom is -0.389 e. The van der Waals surface area contributed by atoms with Crippen molar-refractivity contribution in [1.82, 2.24) is 0 Å². The molecule has 18 heavy (non-hydrogen) atoms. The van der Waals surface area contributed by atoms with Crippen LogP contribution in [0.2, 0.25) is 0 Å². The second kappa shape index (κ2) is 6.31. The molecule has 1 aromatic carbocycles. The normalized spacial score (nSPS) is 11.0. The number of hydrogen-bond acceptors (Lipinski definition) is 2. The summed E-state index contributed by atoms with van der Waals surface area (Å²) >= 11 is 0. The van der Waals surface area contributed by atoms with Crippen LogP contribution in [0.4, 0.5) is 0 Å². The molecule has 0 saturated carbocycles. The Morgan fingerprint density at radius 2 is 1.83 bits per heavy atom. The highest BCUT2D eigenvalue weighted by Crippen LogP contribution is 2.24. The number of carbonyl (C=O) groups excluding carboxylic acids is 1. The van der Waals surface area contributed by atoms with Crippen LogP contribution >= 0.6 is 0 Å². The van der Waals surface area contributed by atoms with Gasteiger partial charge in [-0.05, 0) is 25.3 Å². The van der Waals surface area contributed by atoms with Gasteiger partial charge in [-0.1, -0.05) is 36.4 Å². The quantitative estimate of drug-likeness (QED) is 0.590. The number of carbonyl (C=O) groups is 1. The van der Waals surface area contributed by atoms with Gasteiger partial charge < -0.3 is 5.11 Å². The fourth-order valence-corrected chi connectivity index (χ4v) is 2.14. The number of Topliss-reactive ketones (excluding diaryl/α,β-unsaturated/α-hetero) is 1. The molecule has 0 aromatic heterocycles. The first-order valence-corrected chi connectivity index (χ1v) is 6.05. The van der Waals surface area contributed by atoms with E-state index in [1.165, 1.54) is 0 Å². The van der Waals surface area contributed by atoms with Gasteiger partial charge in [0.25, 0.3) is 0 Å². The molecule has 0 amide bonds. The van der Waals surface area contributed by atoms with Gasteiger partial charge in [-0.25, -0.2) is 0 Å². The van der Waals surface area contributed by atoms with Crippen LogP contribution in [0.15, 0.2) is 49.6 Å². The third-order valence-corrected chi connectivity index (χ3v) is 2.96. The zero-order chi connectivity index (χ0) is 13.6. The molecule has 0 aliphatic carbocycles. The molecule has 1 aromatic rings. The first kappa shape index (κ1) is 14.4. The molecule has 0 unspecified atom stereocenters. The van der Waals surface area contributed by atoms with E-state index in [9.17, 15) is 9.90 Å². The van der Waals surface area contributed by atoms with E-state index < -0.39 is 5.60 Å². The summed E-state index contributed by atoms with van der Waals surface area (Å²) in [7, 11) is 0. The standard InChI is InChI=1S/C16H20O2/c1-4-10-16(18,11-5-2)12-14-8-6-7-9-15(14)13(3)17/h4-9,18H,1-2,10-12H2,3H3. The van der Waals surface area contributed by atoms with Crippen molar-refractivity contribution < 1.29 is 9.90 Å². The highest BCUT2D eigenvalue weighted by atomic mass is 16.3. The van der Waals surface area contributed by atoms with Crippen LogP contribution in [-0.2, 0) is 6.42 Å². The second-order valence-electron chi connectivity index (χ2n) is 4.60. The Hall–Kier alpha value is -1.67. The van der Waals surface area contributed by atoms with Crippen molar-refractivity contribution in [3.8, 4) is 0 Å². The van der Waals surface area contributed by atoms with E-state index in [0.717, 1.165) is 5.56 Å². The van der Waals surface area contributed by atoms with Crippen LogP contribution in [0.25, 0.3) is 0 Å². The van der Waals surface area contributed by atoms with Crippen molar-refractivity contribution >= 4 is 5.78 Å². The maximum Gasteiger partial charge on any atom is 0.160 e. The predicted octanol–water partition coefficient (Wildman–Crippen LogP) is 3.32. The Labute approximate surface area is 109 Å². The van der Waals surface area contributed by atoms with Gasteiger partial charge in [0, 0.05) is 12.0 Å². The van der Waals surface area contributed by atoms with E-state index in [4.69, 9.17) is 0 Å². The summed E-state index contributed by atoms with van der Waals surface area (Å²) in [5.74, 6) is 0.0187. The molecule has 1 N–H and O–H groups in total. The molecule has 0 aliphatic rings. The third kappa shape index (κ3) is 3.67. The van der Waals surface area contributed by atoms with Crippen LogP contribution in [0.1, 0.15) is 35.7 Å². The fourth-order valence-electron chi connectivity index (χ4n) is 2.14. The first-order valence-electron chi connectivity index (χ1n) is 6.05. The molecule has 2 nitrogen and oxygen atoms in total. The molecular weight excluding hydrogens is 224 g/mol. The van der Waals surface area contributed by atoms with Crippen molar-refractivity contribution in [3.05, 3.63) is 60.7 Å². The molecule has 0 radical (unpaired) electrons. The van der Waals surface area contributed by atoms with Gasteiger partial charge in [-0.2, -0.15) is 0 Å². The van der Waals surface area contributed by atoms with Gasteiger partial charge in [0.05, 0.1) is 5.60 Å². The Morgan fingerprint density at radius 3 is 2.33 bits per heavy atom. The SMILES string of the molecule is C=CCC(O)(CC=C)Cc1ccccc1C(C)=O. The van der Waals surface area contributed by atoms with Crippen molar-refractivity contribution in [2.45, 2.75) is 31.8 Å². The lowest BCUT2D eigenvalue weighted by molar-refractivity contribution is 0.0466. The molecule has 0 atom stereocenters. The van der Waals surface area contributed by atoms with Crippen LogP contribution in [0, 0.1) is 0 Å². The largest absolute Gasteiger partial charge is 0.389 e. The van der Waals surface area contributed by atoms with Crippen LogP contribution in [0.5, 0.6) is 0 Å². The second-order valence-corrected chi connectivity index (χ2v) is 4.60. The van der Waals surface area contributed by atoms with E-state index in [0.29, 0.717) is 24.8 Å². The number of ketones is 1. The lowest BCUT2D eigenvalue weighted by atomic mass is 9.86. The highest BCUT2D eigenvalue weighted by Gasteiger charge is 2.25. The molecule has 0 spiro atoms. The average Bonchev–Trinajstić information content (AvgIpc) is 2.29. The van der Waals surface area contributed by atoms with E-state index in [1.54, 1.807) is 25.1 Å². The zero-order valence-corrected chi connectivity index (χ0v) is 10.9. The van der Waals surface area contributed by atoms with Gasteiger partial charge in [0.15, 0.2) is 5.78 Å². The van der Waals surface area contributed by atoms with E-state index >= 15 is 0 Å². The van der Waals surface area contributed by atoms with E-state index in [2.05, 4.69) is 13.2 Å². The maximum absolute atomic E-state index is 11.5. The summed E-state index contributed by atoms with van der Waals surface area (Å²) in [4.78, 5) is 11.5. The van der Waals surface area contributed by atoms with Gasteiger partial charge in [-0.3, -0.25) is 4.79 Å². The van der Waals surface area contributed by atoms with Crippen LogP contribution in [0.3, 0.4) is 0 Å². The van der Waals surface area contributed by atoms with Crippen LogP contribution < -0.4 is 0 Å². The Kier molecular flexibility index (Phi) is 5.05. The van der Waals surface area contributed by atoms with Crippen molar-refractivity contribution in [1.29, 1.82) is 0 Å². The highest BCUT2D eigenvalue weighted by molar-refractivity contribution is 5.95. The minimum atomic E-state index is -0.908. The average molecular weight is 244 g/mol. The molecule has 0 bridgehead atoms. The molecule has 0 fully saturated rings. The van der Waals surface area contributed by atoms with E-state index in [1.807, 2.05) is 18.2 Å². The Morgan fingerprint density at radius 1 is 1.28 bits per heavy atom. The predicted molar refractivity (Wildman–Crippen MR) is 74.7 cm³/mol. The smallest absolute Gasteiger partial charge is 0.160 e. The molecule has 1 rings (SSSR count). The Bertz CT molecular complexity index is 436. The number of aliphatic hydroxyl groups is 1. The lowest BCUT2D eigenvalue weighted by Gasteiger charge is -2.26. The Balaban J connectivity index is 3.03. The molecule has 0 heterocycles. The van der Waals surface area contributed by atoms with Crippen molar-refractivity contribution in [2.24, 2.45) is 0 Å². The monoisotopic (exact) mass is 244 g/mol. The van der Waals surface area contributed by atoms with Gasteiger partial charge >= 0.3 is 0 Å². The number of hydrogen-bond donors (Lipinski definition) is 1. The summed E-state index contributed by atoms with van der Waals surface area (Å²) in [5, 5.41) is 10.5. The summed E-state index contributed by atoms with van der Waals surface area (Å²) in [6.45, 7) is 8.87. The zero-order valence-electron chi connectivity index (χ0n) is 10.9. The summed E-state index contributed by atoms with van der Waals surface area (Å²) in [5.41, 5.74) is 0.634. The van der Waals surface area contributed by atoms with Gasteiger partial charge in [-0.15, -0.1) is 13.2 Å². The van der Waals surface area contributed by atoms with Crippen molar-refractivity contribution in [2.75, 3.05) is 0 Å². The molecule has 0 aliphatic heterocycles. The topological polar surface area (TPSA) is 37.3 Å². The van der Waals surface area contributed by atoms with Crippen LogP contribution in [-0.4, -0.2) is 16.5 Å².